The van der Waals surface area contributed by atoms with Crippen molar-refractivity contribution in [2.24, 2.45) is 0 Å². The summed E-state index contributed by atoms with van der Waals surface area (Å²) in [7, 11) is 0. The highest BCUT2D eigenvalue weighted by molar-refractivity contribution is 5.98. The molecule has 1 aromatic heterocycles. The lowest BCUT2D eigenvalue weighted by molar-refractivity contribution is -0.263. The van der Waals surface area contributed by atoms with Crippen LogP contribution in [0.25, 0.3) is 5.69 Å². The maximum Gasteiger partial charge on any atom is 0.418 e. The van der Waals surface area contributed by atoms with E-state index in [1.54, 1.807) is 0 Å². The fourth-order valence-electron chi connectivity index (χ4n) is 3.84. The normalized spacial score (nSPS) is 13.9. The van der Waals surface area contributed by atoms with Crippen LogP contribution in [0.5, 0.6) is 5.75 Å². The summed E-state index contributed by atoms with van der Waals surface area (Å²) in [6.45, 7) is 1.20. The molecule has 0 saturated heterocycles. The molecule has 194 valence electrons. The van der Waals surface area contributed by atoms with Crippen molar-refractivity contribution >= 4 is 11.7 Å². The smallest absolute Gasteiger partial charge is 0.418 e. The SMILES string of the molecule is CC(C)(C[C@](O)(CNC(=O)c1cnn(-c2ccc(F)cc2F)c1N)C(F)(F)F)c1cc(F)ccc1O. The zero-order chi connectivity index (χ0) is 27.1. The van der Waals surface area contributed by atoms with Crippen molar-refractivity contribution in [1.29, 1.82) is 0 Å². The number of phenols is 1. The molecule has 0 radical (unpaired) electrons. The summed E-state index contributed by atoms with van der Waals surface area (Å²) < 4.78 is 83.4. The van der Waals surface area contributed by atoms with Crippen LogP contribution in [0, 0.1) is 17.5 Å². The Hall–Kier alpha value is -3.74. The van der Waals surface area contributed by atoms with Gasteiger partial charge in [0.2, 0.25) is 0 Å². The summed E-state index contributed by atoms with van der Waals surface area (Å²) >= 11 is 0. The Labute approximate surface area is 201 Å². The van der Waals surface area contributed by atoms with Gasteiger partial charge >= 0.3 is 6.18 Å². The number of benzene rings is 2. The second kappa shape index (κ2) is 9.37. The van der Waals surface area contributed by atoms with Crippen molar-refractivity contribution in [2.75, 3.05) is 12.3 Å². The molecule has 0 saturated carbocycles. The molecule has 3 aromatic rings. The monoisotopic (exact) mass is 516 g/mol. The number of rotatable bonds is 7. The minimum absolute atomic E-state index is 0.177. The number of nitrogen functional groups attached to an aromatic ring is 1. The first-order chi connectivity index (χ1) is 16.6. The Balaban J connectivity index is 1.85. The first-order valence-corrected chi connectivity index (χ1v) is 10.4. The van der Waals surface area contributed by atoms with Crippen LogP contribution in [0.1, 0.15) is 36.2 Å². The second-order valence-electron chi connectivity index (χ2n) is 8.89. The summed E-state index contributed by atoms with van der Waals surface area (Å²) in [5, 5.41) is 26.3. The lowest BCUT2D eigenvalue weighted by atomic mass is 9.74. The molecule has 3 rings (SSSR count). The number of nitrogens with one attached hydrogen (secondary N) is 1. The highest BCUT2D eigenvalue weighted by Gasteiger charge is 2.56. The van der Waals surface area contributed by atoms with Gasteiger partial charge < -0.3 is 21.3 Å². The Morgan fingerprint density at radius 2 is 1.69 bits per heavy atom. The topological polar surface area (TPSA) is 113 Å². The van der Waals surface area contributed by atoms with Crippen molar-refractivity contribution in [2.45, 2.75) is 37.5 Å². The maximum atomic E-state index is 14.1. The van der Waals surface area contributed by atoms with Gasteiger partial charge in [-0.15, -0.1) is 0 Å². The number of amides is 1. The van der Waals surface area contributed by atoms with Crippen molar-refractivity contribution in [3.05, 3.63) is 71.2 Å². The third kappa shape index (κ3) is 5.25. The van der Waals surface area contributed by atoms with Crippen molar-refractivity contribution in [1.82, 2.24) is 15.1 Å². The molecule has 13 heteroatoms. The van der Waals surface area contributed by atoms with Crippen LogP contribution in [0.2, 0.25) is 0 Å². The van der Waals surface area contributed by atoms with E-state index < -0.39 is 70.6 Å². The van der Waals surface area contributed by atoms with Crippen molar-refractivity contribution in [3.8, 4) is 11.4 Å². The average molecular weight is 516 g/mol. The van der Waals surface area contributed by atoms with Crippen molar-refractivity contribution in [3.63, 3.8) is 0 Å². The van der Waals surface area contributed by atoms with Crippen LogP contribution in [0.3, 0.4) is 0 Å². The van der Waals surface area contributed by atoms with E-state index in [4.69, 9.17) is 5.73 Å². The van der Waals surface area contributed by atoms with Crippen LogP contribution in [0.15, 0.2) is 42.6 Å². The molecule has 0 aliphatic rings. The quantitative estimate of drug-likeness (QED) is 0.355. The number of alkyl halides is 3. The van der Waals surface area contributed by atoms with Crippen LogP contribution in [-0.4, -0.2) is 44.2 Å². The third-order valence-electron chi connectivity index (χ3n) is 5.68. The van der Waals surface area contributed by atoms with E-state index in [9.17, 15) is 41.4 Å². The number of aliphatic hydroxyl groups is 1. The molecular formula is C23H22F6N4O3. The molecule has 0 aliphatic heterocycles. The number of nitrogens with zero attached hydrogens (tertiary/aromatic N) is 2. The minimum atomic E-state index is -5.24. The van der Waals surface area contributed by atoms with E-state index in [2.05, 4.69) is 5.10 Å². The number of anilines is 1. The molecule has 5 N–H and O–H groups in total. The molecule has 7 nitrogen and oxygen atoms in total. The Kier molecular flexibility index (Phi) is 6.99. The van der Waals surface area contributed by atoms with E-state index in [0.717, 1.165) is 41.2 Å². The van der Waals surface area contributed by atoms with Gasteiger partial charge in [-0.1, -0.05) is 13.8 Å². The van der Waals surface area contributed by atoms with Gasteiger partial charge in [-0.3, -0.25) is 4.79 Å². The standard InChI is InChI=1S/C23H22F6N4O3/c1-21(2,15-7-12(24)4-6-18(15)34)10-22(36,23(27,28)29)11-31-20(35)14-9-32-33(19(14)30)17-5-3-13(25)8-16(17)26/h3-9,34,36H,10-11,30H2,1-2H3,(H,31,35)/t22-/m0/s1. The Morgan fingerprint density at radius 3 is 2.31 bits per heavy atom. The van der Waals surface area contributed by atoms with Gasteiger partial charge in [0.25, 0.3) is 5.91 Å². The highest BCUT2D eigenvalue weighted by atomic mass is 19.4. The van der Waals surface area contributed by atoms with Gasteiger partial charge in [0.05, 0.1) is 12.7 Å². The molecule has 36 heavy (non-hydrogen) atoms. The number of aromatic hydroxyl groups is 1. The molecule has 0 aliphatic carbocycles. The van der Waals surface area contributed by atoms with Crippen molar-refractivity contribution < 1.29 is 41.4 Å². The van der Waals surface area contributed by atoms with Crippen LogP contribution < -0.4 is 11.1 Å². The first-order valence-electron chi connectivity index (χ1n) is 10.4. The molecule has 1 amide bonds. The van der Waals surface area contributed by atoms with E-state index in [0.29, 0.717) is 6.07 Å². The maximum absolute atomic E-state index is 14.1. The van der Waals surface area contributed by atoms with E-state index in [-0.39, 0.29) is 11.3 Å². The summed E-state index contributed by atoms with van der Waals surface area (Å²) in [5.74, 6) is -4.80. The fourth-order valence-corrected chi connectivity index (χ4v) is 3.84. The zero-order valence-electron chi connectivity index (χ0n) is 19.0. The number of nitrogens with two attached hydrogens (primary N) is 1. The fraction of sp³-hybridized carbons (Fsp3) is 0.304. The van der Waals surface area contributed by atoms with Gasteiger partial charge in [0.1, 0.15) is 34.5 Å². The third-order valence-corrected chi connectivity index (χ3v) is 5.68. The second-order valence-corrected chi connectivity index (χ2v) is 8.89. The van der Waals surface area contributed by atoms with Crippen LogP contribution in [0.4, 0.5) is 32.2 Å². The van der Waals surface area contributed by atoms with Gasteiger partial charge in [0, 0.05) is 11.6 Å². The Bertz CT molecular complexity index is 1290. The summed E-state index contributed by atoms with van der Waals surface area (Å²) in [6.07, 6.45) is -5.43. The van der Waals surface area contributed by atoms with Crippen LogP contribution >= 0.6 is 0 Å². The highest BCUT2D eigenvalue weighted by Crippen LogP contribution is 2.43. The number of hydrogen-bond acceptors (Lipinski definition) is 5. The molecule has 2 aromatic carbocycles. The lowest BCUT2D eigenvalue weighted by Gasteiger charge is -2.38. The van der Waals surface area contributed by atoms with Crippen LogP contribution in [-0.2, 0) is 5.41 Å². The largest absolute Gasteiger partial charge is 0.508 e. The van der Waals surface area contributed by atoms with Gasteiger partial charge in [0.15, 0.2) is 11.4 Å². The van der Waals surface area contributed by atoms with Gasteiger partial charge in [-0.2, -0.15) is 18.3 Å². The first kappa shape index (κ1) is 26.9. The molecule has 1 atom stereocenters. The number of phenolic OH excluding ortho intramolecular Hbond substituents is 1. The average Bonchev–Trinajstić information content (AvgIpc) is 3.13. The minimum Gasteiger partial charge on any atom is -0.508 e. The molecule has 0 bridgehead atoms. The summed E-state index contributed by atoms with van der Waals surface area (Å²) in [5.41, 5.74) is -0.197. The molecule has 0 unspecified atom stereocenters. The molecule has 1 heterocycles. The summed E-state index contributed by atoms with van der Waals surface area (Å²) in [6, 6.07) is 5.23. The predicted molar refractivity (Wildman–Crippen MR) is 117 cm³/mol. The predicted octanol–water partition coefficient (Wildman–Crippen LogP) is 3.97. The summed E-state index contributed by atoms with van der Waals surface area (Å²) in [4.78, 5) is 12.6. The van der Waals surface area contributed by atoms with E-state index in [1.807, 2.05) is 5.32 Å². The molecular weight excluding hydrogens is 494 g/mol. The Morgan fingerprint density at radius 1 is 1.08 bits per heavy atom. The van der Waals surface area contributed by atoms with Gasteiger partial charge in [-0.05, 0) is 42.2 Å². The lowest BCUT2D eigenvalue weighted by Crippen LogP contribution is -2.56. The number of carbonyl (C=O) groups is 1. The van der Waals surface area contributed by atoms with E-state index in [1.165, 1.54) is 13.8 Å². The molecule has 0 spiro atoms. The number of hydrogen-bond donors (Lipinski definition) is 4. The van der Waals surface area contributed by atoms with E-state index >= 15 is 0 Å². The number of carbonyl (C=O) groups excluding carboxylic acids is 1. The van der Waals surface area contributed by atoms with Gasteiger partial charge in [-0.25, -0.2) is 17.9 Å². The molecule has 0 fully saturated rings. The number of halogens is 6. The zero-order valence-corrected chi connectivity index (χ0v) is 19.0. The number of aromatic nitrogens is 2.